The van der Waals surface area contributed by atoms with E-state index < -0.39 is 0 Å². The minimum atomic E-state index is 0.503. The summed E-state index contributed by atoms with van der Waals surface area (Å²) in [7, 11) is 3.79. The van der Waals surface area contributed by atoms with Crippen LogP contribution in [0.5, 0.6) is 5.88 Å². The number of likely N-dealkylation sites (N-methyl/N-ethyl adjacent to an activating group) is 1. The second kappa shape index (κ2) is 5.31. The van der Waals surface area contributed by atoms with E-state index in [4.69, 9.17) is 4.74 Å². The molecule has 0 spiro atoms. The maximum absolute atomic E-state index is 5.06. The maximum atomic E-state index is 5.06. The van der Waals surface area contributed by atoms with E-state index in [0.29, 0.717) is 11.9 Å². The molecule has 1 unspecified atom stereocenters. The second-order valence-corrected chi connectivity index (χ2v) is 4.57. The summed E-state index contributed by atoms with van der Waals surface area (Å²) in [4.78, 5) is 10.6. The van der Waals surface area contributed by atoms with Crippen LogP contribution in [-0.4, -0.2) is 47.7 Å². The average Bonchev–Trinajstić information content (AvgIpc) is 3.19. The molecule has 0 radical (unpaired) electrons. The van der Waals surface area contributed by atoms with Gasteiger partial charge in [0, 0.05) is 24.7 Å². The normalized spacial score (nSPS) is 16.9. The summed E-state index contributed by atoms with van der Waals surface area (Å²) >= 11 is 0. The molecule has 0 saturated heterocycles. The van der Waals surface area contributed by atoms with Gasteiger partial charge in [-0.15, -0.1) is 0 Å². The molecule has 0 bridgehead atoms. The number of ether oxygens (including phenoxy) is 1. The van der Waals surface area contributed by atoms with Crippen molar-refractivity contribution in [3.05, 3.63) is 12.4 Å². The first-order valence-electron chi connectivity index (χ1n) is 6.02. The molecule has 1 atom stereocenters. The molecule has 1 aliphatic rings. The number of aromatic nitrogens is 2. The van der Waals surface area contributed by atoms with Gasteiger partial charge in [0.05, 0.1) is 7.11 Å². The van der Waals surface area contributed by atoms with E-state index in [9.17, 15) is 0 Å². The summed E-state index contributed by atoms with van der Waals surface area (Å²) in [6.07, 6.45) is 4.18. The summed E-state index contributed by atoms with van der Waals surface area (Å²) in [5.41, 5.74) is 0. The Morgan fingerprint density at radius 2 is 2.29 bits per heavy atom. The third kappa shape index (κ3) is 3.30. The van der Waals surface area contributed by atoms with Crippen LogP contribution in [0.2, 0.25) is 0 Å². The van der Waals surface area contributed by atoms with Crippen molar-refractivity contribution >= 4 is 5.82 Å². The molecule has 5 heteroatoms. The van der Waals surface area contributed by atoms with Gasteiger partial charge < -0.3 is 10.1 Å². The number of anilines is 1. The molecule has 1 N–H and O–H groups in total. The quantitative estimate of drug-likeness (QED) is 0.808. The molecule has 5 nitrogen and oxygen atoms in total. The molecule has 0 amide bonds. The maximum Gasteiger partial charge on any atom is 0.218 e. The van der Waals surface area contributed by atoms with Gasteiger partial charge in [0.25, 0.3) is 0 Å². The second-order valence-electron chi connectivity index (χ2n) is 4.57. The number of methoxy groups -OCH3 is 1. The van der Waals surface area contributed by atoms with Gasteiger partial charge in [0.1, 0.15) is 12.1 Å². The van der Waals surface area contributed by atoms with E-state index >= 15 is 0 Å². The van der Waals surface area contributed by atoms with Gasteiger partial charge in [-0.25, -0.2) is 9.97 Å². The SMILES string of the molecule is COc1cc(NCC(C)N(C)C2CC2)ncn1. The number of rotatable bonds is 6. The van der Waals surface area contributed by atoms with Gasteiger partial charge in [0.2, 0.25) is 5.88 Å². The fourth-order valence-corrected chi connectivity index (χ4v) is 1.79. The van der Waals surface area contributed by atoms with Gasteiger partial charge in [-0.05, 0) is 26.8 Å². The first-order valence-corrected chi connectivity index (χ1v) is 6.02. The van der Waals surface area contributed by atoms with E-state index in [0.717, 1.165) is 18.4 Å². The molecule has 1 aromatic heterocycles. The fraction of sp³-hybridized carbons (Fsp3) is 0.667. The monoisotopic (exact) mass is 236 g/mol. The molecule has 1 aliphatic carbocycles. The molecule has 1 saturated carbocycles. The van der Waals surface area contributed by atoms with Crippen LogP contribution >= 0.6 is 0 Å². The van der Waals surface area contributed by atoms with Crippen LogP contribution < -0.4 is 10.1 Å². The van der Waals surface area contributed by atoms with Crippen molar-refractivity contribution in [2.24, 2.45) is 0 Å². The zero-order valence-electron chi connectivity index (χ0n) is 10.7. The molecule has 0 aliphatic heterocycles. The van der Waals surface area contributed by atoms with E-state index in [-0.39, 0.29) is 0 Å². The van der Waals surface area contributed by atoms with Gasteiger partial charge in [-0.2, -0.15) is 0 Å². The first kappa shape index (κ1) is 12.1. The predicted molar refractivity (Wildman–Crippen MR) is 67.3 cm³/mol. The lowest BCUT2D eigenvalue weighted by atomic mass is 10.3. The van der Waals surface area contributed by atoms with Crippen molar-refractivity contribution in [2.75, 3.05) is 26.0 Å². The van der Waals surface area contributed by atoms with Crippen LogP contribution in [-0.2, 0) is 0 Å². The number of hydrogen-bond acceptors (Lipinski definition) is 5. The summed E-state index contributed by atoms with van der Waals surface area (Å²) in [6.45, 7) is 3.11. The van der Waals surface area contributed by atoms with Crippen LogP contribution in [0.4, 0.5) is 5.82 Å². The molecule has 1 aromatic rings. The van der Waals surface area contributed by atoms with E-state index in [1.807, 2.05) is 6.07 Å². The van der Waals surface area contributed by atoms with Crippen LogP contribution in [0.3, 0.4) is 0 Å². The Labute approximate surface area is 102 Å². The topological polar surface area (TPSA) is 50.3 Å². The van der Waals surface area contributed by atoms with Gasteiger partial charge in [0.15, 0.2) is 0 Å². The number of nitrogens with one attached hydrogen (secondary N) is 1. The van der Waals surface area contributed by atoms with Crippen LogP contribution in [0.25, 0.3) is 0 Å². The standard InChI is InChI=1S/C12H20N4O/c1-9(16(2)10-4-5-10)7-13-11-6-12(17-3)15-8-14-11/h6,8-10H,4-5,7H2,1-3H3,(H,13,14,15). The van der Waals surface area contributed by atoms with E-state index in [1.165, 1.54) is 19.2 Å². The molecule has 17 heavy (non-hydrogen) atoms. The van der Waals surface area contributed by atoms with Crippen LogP contribution in [0.1, 0.15) is 19.8 Å². The summed E-state index contributed by atoms with van der Waals surface area (Å²) in [5.74, 6) is 1.40. The minimum absolute atomic E-state index is 0.503. The highest BCUT2D eigenvalue weighted by atomic mass is 16.5. The molecule has 1 fully saturated rings. The molecule has 1 heterocycles. The molecular formula is C12H20N4O. The largest absolute Gasteiger partial charge is 0.481 e. The highest BCUT2D eigenvalue weighted by Crippen LogP contribution is 2.26. The number of hydrogen-bond donors (Lipinski definition) is 1. The van der Waals surface area contributed by atoms with Crippen molar-refractivity contribution in [3.8, 4) is 5.88 Å². The minimum Gasteiger partial charge on any atom is -0.481 e. The van der Waals surface area contributed by atoms with Crippen LogP contribution in [0, 0.1) is 0 Å². The Bertz CT molecular complexity index is 367. The lowest BCUT2D eigenvalue weighted by Crippen LogP contribution is -2.36. The third-order valence-electron chi connectivity index (χ3n) is 3.25. The first-order chi connectivity index (χ1) is 8.20. The lowest BCUT2D eigenvalue weighted by molar-refractivity contribution is 0.257. The lowest BCUT2D eigenvalue weighted by Gasteiger charge is -2.24. The Balaban J connectivity index is 1.83. The highest BCUT2D eigenvalue weighted by molar-refractivity contribution is 5.37. The smallest absolute Gasteiger partial charge is 0.218 e. The molecule has 94 valence electrons. The summed E-state index contributed by atoms with van der Waals surface area (Å²) < 4.78 is 5.06. The fourth-order valence-electron chi connectivity index (χ4n) is 1.79. The Kier molecular flexibility index (Phi) is 3.78. The molecule has 2 rings (SSSR count). The van der Waals surface area contributed by atoms with Crippen molar-refractivity contribution in [1.29, 1.82) is 0 Å². The van der Waals surface area contributed by atoms with Crippen LogP contribution in [0.15, 0.2) is 12.4 Å². The Morgan fingerprint density at radius 3 is 2.94 bits per heavy atom. The van der Waals surface area contributed by atoms with Crippen molar-refractivity contribution in [2.45, 2.75) is 31.8 Å². The highest BCUT2D eigenvalue weighted by Gasteiger charge is 2.28. The zero-order chi connectivity index (χ0) is 12.3. The molecule has 0 aromatic carbocycles. The average molecular weight is 236 g/mol. The van der Waals surface area contributed by atoms with Gasteiger partial charge >= 0.3 is 0 Å². The van der Waals surface area contributed by atoms with Crippen molar-refractivity contribution < 1.29 is 4.74 Å². The third-order valence-corrected chi connectivity index (χ3v) is 3.25. The summed E-state index contributed by atoms with van der Waals surface area (Å²) in [5, 5.41) is 3.31. The van der Waals surface area contributed by atoms with Crippen molar-refractivity contribution in [1.82, 2.24) is 14.9 Å². The summed E-state index contributed by atoms with van der Waals surface area (Å²) in [6, 6.07) is 3.10. The predicted octanol–water partition coefficient (Wildman–Crippen LogP) is 1.38. The van der Waals surface area contributed by atoms with E-state index in [1.54, 1.807) is 7.11 Å². The van der Waals surface area contributed by atoms with Gasteiger partial charge in [-0.1, -0.05) is 0 Å². The zero-order valence-corrected chi connectivity index (χ0v) is 10.7. The Morgan fingerprint density at radius 1 is 1.53 bits per heavy atom. The number of nitrogens with zero attached hydrogens (tertiary/aromatic N) is 3. The Hall–Kier alpha value is -1.36. The molecular weight excluding hydrogens is 216 g/mol. The van der Waals surface area contributed by atoms with Crippen molar-refractivity contribution in [3.63, 3.8) is 0 Å². The van der Waals surface area contributed by atoms with E-state index in [2.05, 4.69) is 34.2 Å². The van der Waals surface area contributed by atoms with Gasteiger partial charge in [-0.3, -0.25) is 4.90 Å².